The van der Waals surface area contributed by atoms with Crippen LogP contribution in [0, 0.1) is 0 Å². The summed E-state index contributed by atoms with van der Waals surface area (Å²) >= 11 is 0. The Hall–Kier alpha value is -2.39. The molecular weight excluding hydrogens is 509 g/mol. The highest BCUT2D eigenvalue weighted by Gasteiger charge is 2.24. The Kier molecular flexibility index (Phi) is 10.8. The van der Waals surface area contributed by atoms with Gasteiger partial charge in [-0.1, -0.05) is 12.1 Å². The third-order valence-corrected chi connectivity index (χ3v) is 6.43. The monoisotopic (exact) mass is 539 g/mol. The fourth-order valence-corrected chi connectivity index (χ4v) is 4.61. The first kappa shape index (κ1) is 28.8. The van der Waals surface area contributed by atoms with Gasteiger partial charge in [0.1, 0.15) is 6.33 Å². The van der Waals surface area contributed by atoms with Crippen LogP contribution in [-0.2, 0) is 7.05 Å². The summed E-state index contributed by atoms with van der Waals surface area (Å²) in [6.45, 7) is 4.66. The van der Waals surface area contributed by atoms with Gasteiger partial charge in [0.2, 0.25) is 5.95 Å². The lowest BCUT2D eigenvalue weighted by Gasteiger charge is -2.35. The van der Waals surface area contributed by atoms with Crippen LogP contribution in [0.4, 0.5) is 11.6 Å². The lowest BCUT2D eigenvalue weighted by atomic mass is 10.0. The summed E-state index contributed by atoms with van der Waals surface area (Å²) in [7, 11) is 1.78. The van der Waals surface area contributed by atoms with Crippen LogP contribution in [0.15, 0.2) is 53.7 Å². The van der Waals surface area contributed by atoms with Crippen LogP contribution in [0.2, 0.25) is 0 Å². The average Bonchev–Trinajstić information content (AvgIpc) is 2.87. The largest absolute Gasteiger partial charge is 0.372 e. The van der Waals surface area contributed by atoms with E-state index in [1.807, 2.05) is 0 Å². The number of piperidine rings is 1. The van der Waals surface area contributed by atoms with Gasteiger partial charge in [-0.25, -0.2) is 15.0 Å². The van der Waals surface area contributed by atoms with Crippen molar-refractivity contribution in [2.24, 2.45) is 7.05 Å². The number of nitrogens with zero attached hydrogens (tertiary/aromatic N) is 6. The Morgan fingerprint density at radius 3 is 2.34 bits per heavy atom. The molecule has 0 saturated carbocycles. The molecule has 11 heteroatoms. The van der Waals surface area contributed by atoms with Crippen molar-refractivity contribution in [1.29, 1.82) is 0 Å². The van der Waals surface area contributed by atoms with E-state index >= 15 is 0 Å². The molecule has 2 aliphatic rings. The lowest BCUT2D eigenvalue weighted by molar-refractivity contribution is 0.462. The summed E-state index contributed by atoms with van der Waals surface area (Å²) in [6.07, 6.45) is 7.03. The molecule has 35 heavy (non-hydrogen) atoms. The van der Waals surface area contributed by atoms with Crippen LogP contribution >= 0.6 is 37.2 Å². The highest BCUT2D eigenvalue weighted by atomic mass is 35.5. The second-order valence-corrected chi connectivity index (χ2v) is 8.53. The van der Waals surface area contributed by atoms with Crippen LogP contribution in [0.1, 0.15) is 30.9 Å². The number of anilines is 2. The van der Waals surface area contributed by atoms with Crippen molar-refractivity contribution >= 4 is 48.9 Å². The van der Waals surface area contributed by atoms with E-state index in [0.717, 1.165) is 32.7 Å². The lowest BCUT2D eigenvalue weighted by Crippen LogP contribution is -2.47. The number of nitrogens with one attached hydrogen (secondary N) is 1. The van der Waals surface area contributed by atoms with Gasteiger partial charge in [-0.2, -0.15) is 0 Å². The minimum absolute atomic E-state index is 0. The van der Waals surface area contributed by atoms with E-state index in [0.29, 0.717) is 17.3 Å². The highest BCUT2D eigenvalue weighted by molar-refractivity contribution is 5.86. The molecule has 2 fully saturated rings. The summed E-state index contributed by atoms with van der Waals surface area (Å²) in [4.78, 5) is 30.3. The maximum absolute atomic E-state index is 12.6. The quantitative estimate of drug-likeness (QED) is 0.541. The predicted octanol–water partition coefficient (Wildman–Crippen LogP) is 3.64. The Morgan fingerprint density at radius 2 is 1.66 bits per heavy atom. The fourth-order valence-electron chi connectivity index (χ4n) is 4.61. The second-order valence-electron chi connectivity index (χ2n) is 8.53. The second kappa shape index (κ2) is 13.1. The molecule has 0 bridgehead atoms. The molecule has 2 aromatic heterocycles. The zero-order chi connectivity index (χ0) is 21.9. The van der Waals surface area contributed by atoms with Crippen LogP contribution in [0.3, 0.4) is 0 Å². The van der Waals surface area contributed by atoms with Crippen molar-refractivity contribution in [3.63, 3.8) is 0 Å². The molecule has 2 saturated heterocycles. The summed E-state index contributed by atoms with van der Waals surface area (Å²) in [6, 6.07) is 12.4. The number of rotatable bonds is 4. The Labute approximate surface area is 224 Å². The molecule has 8 nitrogen and oxygen atoms in total. The number of hydrogen-bond donors (Lipinski definition) is 1. The molecule has 1 aromatic carbocycles. The Morgan fingerprint density at radius 1 is 0.914 bits per heavy atom. The number of hydrogen-bond acceptors (Lipinski definition) is 7. The minimum atomic E-state index is -0.0930. The fraction of sp³-hybridized carbons (Fsp3) is 0.417. The first-order valence-electron chi connectivity index (χ1n) is 11.4. The molecule has 3 aromatic rings. The van der Waals surface area contributed by atoms with E-state index in [1.165, 1.54) is 42.9 Å². The van der Waals surface area contributed by atoms with E-state index in [-0.39, 0.29) is 48.8 Å². The van der Waals surface area contributed by atoms with Crippen LogP contribution in [-0.4, -0.2) is 52.2 Å². The van der Waals surface area contributed by atoms with Crippen molar-refractivity contribution < 1.29 is 0 Å². The average molecular weight is 541 g/mol. The van der Waals surface area contributed by atoms with E-state index in [1.54, 1.807) is 23.9 Å². The topological polar surface area (TPSA) is 79.2 Å². The van der Waals surface area contributed by atoms with Crippen LogP contribution in [0.5, 0.6) is 0 Å². The number of benzene rings is 1. The van der Waals surface area contributed by atoms with Gasteiger partial charge in [0.05, 0.1) is 11.4 Å². The number of piperazine rings is 1. The predicted molar refractivity (Wildman–Crippen MR) is 148 cm³/mol. The van der Waals surface area contributed by atoms with E-state index < -0.39 is 0 Å². The molecule has 0 radical (unpaired) electrons. The van der Waals surface area contributed by atoms with E-state index in [4.69, 9.17) is 4.98 Å². The van der Waals surface area contributed by atoms with Crippen molar-refractivity contribution in [3.05, 3.63) is 64.8 Å². The van der Waals surface area contributed by atoms with Gasteiger partial charge in [-0.05, 0) is 43.0 Å². The first-order valence-corrected chi connectivity index (χ1v) is 11.4. The molecular formula is C24H32Cl3N7O. The van der Waals surface area contributed by atoms with Crippen molar-refractivity contribution in [3.8, 4) is 11.4 Å². The molecule has 0 unspecified atom stereocenters. The summed E-state index contributed by atoms with van der Waals surface area (Å²) in [5.74, 6) is 0.669. The Bertz CT molecular complexity index is 1120. The van der Waals surface area contributed by atoms with Gasteiger partial charge in [0.15, 0.2) is 0 Å². The molecule has 4 heterocycles. The van der Waals surface area contributed by atoms with Crippen LogP contribution < -0.4 is 20.7 Å². The van der Waals surface area contributed by atoms with E-state index in [2.05, 4.69) is 49.4 Å². The zero-order valence-corrected chi connectivity index (χ0v) is 22.1. The summed E-state index contributed by atoms with van der Waals surface area (Å²) in [5, 5.41) is 3.62. The number of aromatic nitrogens is 4. The van der Waals surface area contributed by atoms with Crippen molar-refractivity contribution in [2.45, 2.75) is 25.3 Å². The molecule has 0 aliphatic carbocycles. The van der Waals surface area contributed by atoms with Gasteiger partial charge in [-0.3, -0.25) is 9.36 Å². The number of halogens is 3. The molecule has 2 aliphatic heterocycles. The normalized spacial score (nSPS) is 17.6. The van der Waals surface area contributed by atoms with Crippen molar-refractivity contribution in [2.75, 3.05) is 42.5 Å². The molecule has 5 rings (SSSR count). The highest BCUT2D eigenvalue weighted by Crippen LogP contribution is 2.25. The molecule has 0 spiro atoms. The van der Waals surface area contributed by atoms with Gasteiger partial charge in [-0.15, -0.1) is 37.2 Å². The molecule has 190 valence electrons. The zero-order valence-electron chi connectivity index (χ0n) is 19.7. The van der Waals surface area contributed by atoms with Gasteiger partial charge < -0.3 is 15.1 Å². The first-order chi connectivity index (χ1) is 15.7. The smallest absolute Gasteiger partial charge is 0.255 e. The van der Waals surface area contributed by atoms with Crippen molar-refractivity contribution in [1.82, 2.24) is 24.8 Å². The third-order valence-electron chi connectivity index (χ3n) is 6.43. The standard InChI is InChI=1S/C24H29N7O.3ClH/c1-29-23(32)15-21(20-9-10-25-17-27-20)28-24(29)31-14-11-26-22(16-31)18-5-7-19(8-6-18)30-12-3-2-4-13-30;;;/h5-10,15,17,22,26H,2-4,11-14,16H2,1H3;3*1H/t22-;;;/m1.../s1. The third kappa shape index (κ3) is 6.44. The van der Waals surface area contributed by atoms with Crippen LogP contribution in [0.25, 0.3) is 11.4 Å². The summed E-state index contributed by atoms with van der Waals surface area (Å²) in [5.41, 5.74) is 3.70. The summed E-state index contributed by atoms with van der Waals surface area (Å²) < 4.78 is 1.62. The maximum Gasteiger partial charge on any atom is 0.255 e. The SMILES string of the molecule is Cl.Cl.Cl.Cn1c(N2CCN[C@@H](c3ccc(N4CCCCC4)cc3)C2)nc(-c2ccncn2)cc1=O. The minimum Gasteiger partial charge on any atom is -0.372 e. The molecule has 1 N–H and O–H groups in total. The van der Waals surface area contributed by atoms with Gasteiger partial charge in [0, 0.05) is 63.8 Å². The molecule has 1 atom stereocenters. The Balaban J connectivity index is 0.00000144. The maximum atomic E-state index is 12.6. The van der Waals surface area contributed by atoms with Gasteiger partial charge in [0.25, 0.3) is 5.56 Å². The van der Waals surface area contributed by atoms with Gasteiger partial charge >= 0.3 is 0 Å². The van der Waals surface area contributed by atoms with E-state index in [9.17, 15) is 4.79 Å². The molecule has 0 amide bonds.